The van der Waals surface area contributed by atoms with Gasteiger partial charge in [0.1, 0.15) is 28.6 Å². The number of benzene rings is 4. The number of halogens is 1. The normalized spacial score (nSPS) is 15.1. The molecule has 0 fully saturated rings. The Kier molecular flexibility index (Phi) is 9.57. The fourth-order valence-corrected chi connectivity index (χ4v) is 5.47. The summed E-state index contributed by atoms with van der Waals surface area (Å²) in [6.07, 6.45) is 1.38. The summed E-state index contributed by atoms with van der Waals surface area (Å²) in [5.41, 5.74) is 2.53. The minimum absolute atomic E-state index is 0.0668. The summed E-state index contributed by atoms with van der Waals surface area (Å²) < 4.78 is 17.8. The highest BCUT2D eigenvalue weighted by Crippen LogP contribution is 2.34. The number of carbonyl (C=O) groups excluding carboxylic acids is 2. The Balaban J connectivity index is 1.34. The maximum Gasteiger partial charge on any atom is 0.410 e. The van der Waals surface area contributed by atoms with Crippen LogP contribution in [0.1, 0.15) is 60.3 Å². The largest absolute Gasteiger partial charge is 0.457 e. The first-order valence-electron chi connectivity index (χ1n) is 14.6. The van der Waals surface area contributed by atoms with Gasteiger partial charge in [0.25, 0.3) is 0 Å². The van der Waals surface area contributed by atoms with Crippen molar-refractivity contribution in [3.8, 4) is 23.0 Å². The summed E-state index contributed by atoms with van der Waals surface area (Å²) in [7, 11) is 0. The van der Waals surface area contributed by atoms with Gasteiger partial charge in [-0.25, -0.2) is 4.79 Å². The van der Waals surface area contributed by atoms with Gasteiger partial charge in [-0.1, -0.05) is 48.0 Å². The highest BCUT2D eigenvalue weighted by atomic mass is 35.5. The third-order valence-corrected chi connectivity index (χ3v) is 7.60. The molecule has 1 aliphatic carbocycles. The van der Waals surface area contributed by atoms with Crippen LogP contribution in [0.3, 0.4) is 0 Å². The number of para-hydroxylation sites is 1. The van der Waals surface area contributed by atoms with E-state index < -0.39 is 17.8 Å². The number of aliphatic hydroxyl groups is 1. The number of hydrogen-bond donors (Lipinski definition) is 1. The molecule has 1 N–H and O–H groups in total. The van der Waals surface area contributed by atoms with E-state index >= 15 is 0 Å². The Morgan fingerprint density at radius 2 is 1.68 bits per heavy atom. The summed E-state index contributed by atoms with van der Waals surface area (Å²) in [5.74, 6) is 2.18. The van der Waals surface area contributed by atoms with Crippen LogP contribution in [0, 0.1) is 0 Å². The van der Waals surface area contributed by atoms with E-state index in [1.54, 1.807) is 47.4 Å². The molecule has 0 saturated heterocycles. The zero-order chi connectivity index (χ0) is 31.3. The first kappa shape index (κ1) is 31.1. The van der Waals surface area contributed by atoms with Gasteiger partial charge >= 0.3 is 6.09 Å². The van der Waals surface area contributed by atoms with Crippen LogP contribution < -0.4 is 9.47 Å². The number of aldehydes is 1. The molecule has 0 spiro atoms. The maximum absolute atomic E-state index is 13.4. The number of fused-ring (bicyclic) bond motifs is 1. The second kappa shape index (κ2) is 13.5. The van der Waals surface area contributed by atoms with Crippen molar-refractivity contribution >= 4 is 24.0 Å². The molecule has 0 bridgehead atoms. The fourth-order valence-electron chi connectivity index (χ4n) is 5.27. The van der Waals surface area contributed by atoms with E-state index in [2.05, 4.69) is 0 Å². The van der Waals surface area contributed by atoms with Crippen molar-refractivity contribution in [1.82, 2.24) is 4.90 Å². The average molecular weight is 614 g/mol. The predicted octanol–water partition coefficient (Wildman–Crippen LogP) is 8.57. The second-order valence-electron chi connectivity index (χ2n) is 11.9. The van der Waals surface area contributed by atoms with Gasteiger partial charge < -0.3 is 24.2 Å². The molecule has 4 aromatic rings. The SMILES string of the molecule is CC(C)(C)OC(=O)N(C[C@@H](O)c1cccc(Cl)c1)[C@H]1CCc2ccc(Oc3ccc(Oc4ccccc4)c(C=O)c3)cc2C1. The molecule has 8 heteroatoms. The molecule has 0 heterocycles. The zero-order valence-electron chi connectivity index (χ0n) is 25.0. The fraction of sp³-hybridized carbons (Fsp3) is 0.278. The van der Waals surface area contributed by atoms with Crippen LogP contribution in [0.15, 0.2) is 91.0 Å². The number of nitrogens with zero attached hydrogens (tertiary/aromatic N) is 1. The van der Waals surface area contributed by atoms with Crippen LogP contribution in [0.25, 0.3) is 0 Å². The lowest BCUT2D eigenvalue weighted by molar-refractivity contribution is 0.00195. The maximum atomic E-state index is 13.4. The van der Waals surface area contributed by atoms with Crippen molar-refractivity contribution in [2.45, 2.75) is 57.8 Å². The zero-order valence-corrected chi connectivity index (χ0v) is 25.8. The minimum atomic E-state index is -0.932. The summed E-state index contributed by atoms with van der Waals surface area (Å²) >= 11 is 6.16. The van der Waals surface area contributed by atoms with Gasteiger partial charge in [0.15, 0.2) is 6.29 Å². The number of hydrogen-bond acceptors (Lipinski definition) is 6. The van der Waals surface area contributed by atoms with Gasteiger partial charge in [-0.3, -0.25) is 4.79 Å². The Morgan fingerprint density at radius 1 is 0.932 bits per heavy atom. The van der Waals surface area contributed by atoms with Crippen molar-refractivity contribution < 1.29 is 28.9 Å². The van der Waals surface area contributed by atoms with Gasteiger partial charge in [0, 0.05) is 11.1 Å². The molecule has 4 aromatic carbocycles. The molecule has 0 radical (unpaired) electrons. The lowest BCUT2D eigenvalue weighted by atomic mass is 9.87. The number of amides is 1. The summed E-state index contributed by atoms with van der Waals surface area (Å²) in [4.78, 5) is 26.9. The summed E-state index contributed by atoms with van der Waals surface area (Å²) in [5, 5.41) is 11.6. The molecule has 0 unspecified atom stereocenters. The van der Waals surface area contributed by atoms with Gasteiger partial charge in [-0.15, -0.1) is 0 Å². The van der Waals surface area contributed by atoms with Gasteiger partial charge in [-0.05, 0) is 111 Å². The second-order valence-corrected chi connectivity index (χ2v) is 12.3. The number of aryl methyl sites for hydroxylation is 1. The number of aliphatic hydroxyl groups excluding tert-OH is 1. The number of carbonyl (C=O) groups is 2. The quantitative estimate of drug-likeness (QED) is 0.190. The highest BCUT2D eigenvalue weighted by molar-refractivity contribution is 6.30. The minimum Gasteiger partial charge on any atom is -0.457 e. The number of rotatable bonds is 9. The molecule has 228 valence electrons. The van der Waals surface area contributed by atoms with Crippen LogP contribution in [-0.4, -0.2) is 40.6 Å². The van der Waals surface area contributed by atoms with Crippen molar-refractivity contribution in [3.05, 3.63) is 118 Å². The van der Waals surface area contributed by atoms with Crippen LogP contribution in [0.4, 0.5) is 4.79 Å². The molecular formula is C36H36ClNO6. The highest BCUT2D eigenvalue weighted by Gasteiger charge is 2.33. The Labute approximate surface area is 262 Å². The van der Waals surface area contributed by atoms with E-state index in [-0.39, 0.29) is 12.6 Å². The smallest absolute Gasteiger partial charge is 0.410 e. The Hall–Kier alpha value is -4.33. The summed E-state index contributed by atoms with van der Waals surface area (Å²) in [6, 6.07) is 27.1. The molecule has 7 nitrogen and oxygen atoms in total. The Morgan fingerprint density at radius 3 is 2.41 bits per heavy atom. The van der Waals surface area contributed by atoms with E-state index in [4.69, 9.17) is 25.8 Å². The molecule has 1 aliphatic rings. The average Bonchev–Trinajstić information content (AvgIpc) is 2.99. The van der Waals surface area contributed by atoms with Crippen LogP contribution >= 0.6 is 11.6 Å². The molecule has 1 amide bonds. The molecule has 2 atom stereocenters. The van der Waals surface area contributed by atoms with Gasteiger partial charge in [0.05, 0.1) is 18.2 Å². The molecule has 44 heavy (non-hydrogen) atoms. The molecule has 0 aromatic heterocycles. The topological polar surface area (TPSA) is 85.3 Å². The third-order valence-electron chi connectivity index (χ3n) is 7.37. The number of ether oxygens (including phenoxy) is 3. The van der Waals surface area contributed by atoms with Gasteiger partial charge in [-0.2, -0.15) is 0 Å². The lowest BCUT2D eigenvalue weighted by Crippen LogP contribution is -2.47. The van der Waals surface area contributed by atoms with Crippen molar-refractivity contribution in [2.75, 3.05) is 6.54 Å². The van der Waals surface area contributed by atoms with Gasteiger partial charge in [0.2, 0.25) is 0 Å². The standard InChI is InChI=1S/C36H36ClNO6/c1-36(2,3)44-35(41)38(22-33(40)25-8-7-9-28(37)18-25)29-14-12-24-13-15-31(20-26(24)19-29)42-32-16-17-34(27(21-32)23-39)43-30-10-5-4-6-11-30/h4-11,13,15-18,20-21,23,29,33,40H,12,14,19,22H2,1-3H3/t29-,33+/m0/s1. The molecule has 0 aliphatic heterocycles. The third kappa shape index (κ3) is 7.98. The van der Waals surface area contributed by atoms with E-state index in [1.165, 1.54) is 5.56 Å². The van der Waals surface area contributed by atoms with Crippen LogP contribution in [0.2, 0.25) is 5.02 Å². The van der Waals surface area contributed by atoms with Crippen LogP contribution in [0.5, 0.6) is 23.0 Å². The molecule has 5 rings (SSSR count). The predicted molar refractivity (Wildman–Crippen MR) is 170 cm³/mol. The van der Waals surface area contributed by atoms with E-state index in [9.17, 15) is 14.7 Å². The summed E-state index contributed by atoms with van der Waals surface area (Å²) in [6.45, 7) is 5.54. The van der Waals surface area contributed by atoms with E-state index in [1.807, 2.05) is 69.3 Å². The van der Waals surface area contributed by atoms with Crippen molar-refractivity contribution in [3.63, 3.8) is 0 Å². The van der Waals surface area contributed by atoms with E-state index in [0.29, 0.717) is 45.6 Å². The van der Waals surface area contributed by atoms with Crippen molar-refractivity contribution in [1.29, 1.82) is 0 Å². The van der Waals surface area contributed by atoms with E-state index in [0.717, 1.165) is 24.7 Å². The molecular weight excluding hydrogens is 578 g/mol. The monoisotopic (exact) mass is 613 g/mol. The first-order chi connectivity index (χ1) is 21.1. The van der Waals surface area contributed by atoms with Crippen molar-refractivity contribution in [2.24, 2.45) is 0 Å². The first-order valence-corrected chi connectivity index (χ1v) is 15.0. The lowest BCUT2D eigenvalue weighted by Gasteiger charge is -2.37. The van der Waals surface area contributed by atoms with Crippen LogP contribution in [-0.2, 0) is 17.6 Å². The Bertz CT molecular complexity index is 1620. The molecule has 0 saturated carbocycles.